The first kappa shape index (κ1) is 17.8. The number of allylic oxidation sites excluding steroid dienone is 2. The zero-order valence-electron chi connectivity index (χ0n) is 14.1. The Morgan fingerprint density at radius 1 is 1.22 bits per heavy atom. The van der Waals surface area contributed by atoms with Crippen molar-refractivity contribution < 1.29 is 9.72 Å². The summed E-state index contributed by atoms with van der Waals surface area (Å²) in [5.41, 5.74) is 0.862. The van der Waals surface area contributed by atoms with E-state index in [0.29, 0.717) is 5.03 Å². The molecule has 0 radical (unpaired) electrons. The second-order valence-corrected chi connectivity index (χ2v) is 8.19. The molecule has 2 aliphatic rings. The van der Waals surface area contributed by atoms with Gasteiger partial charge in [-0.3, -0.25) is 14.9 Å². The molecule has 2 unspecified atom stereocenters. The number of carbonyl (C=O) groups excluding carboxylic acids is 1. The number of fused-ring (bicyclic) bond motifs is 2. The predicted octanol–water partition coefficient (Wildman–Crippen LogP) is 4.08. The highest BCUT2D eigenvalue weighted by atomic mass is 32.2. The van der Waals surface area contributed by atoms with Crippen LogP contribution in [-0.4, -0.2) is 32.9 Å². The van der Waals surface area contributed by atoms with Gasteiger partial charge in [0.2, 0.25) is 5.91 Å². The molecule has 4 rings (SSSR count). The van der Waals surface area contributed by atoms with Crippen molar-refractivity contribution in [2.45, 2.75) is 21.2 Å². The molecule has 27 heavy (non-hydrogen) atoms. The van der Waals surface area contributed by atoms with Gasteiger partial charge in [-0.25, -0.2) is 4.98 Å². The first-order chi connectivity index (χ1) is 13.1. The Hall–Kier alpha value is -2.58. The minimum absolute atomic E-state index is 0.0112. The number of pyridine rings is 1. The molecule has 1 aliphatic carbocycles. The normalized spacial score (nSPS) is 20.1. The second kappa shape index (κ2) is 7.58. The molecule has 136 valence electrons. The lowest BCUT2D eigenvalue weighted by molar-refractivity contribution is -0.385. The topological polar surface area (TPSA) is 76.3 Å². The van der Waals surface area contributed by atoms with E-state index in [9.17, 15) is 14.9 Å². The van der Waals surface area contributed by atoms with E-state index in [-0.39, 0.29) is 28.6 Å². The summed E-state index contributed by atoms with van der Waals surface area (Å²) in [4.78, 5) is 30.3. The van der Waals surface area contributed by atoms with Gasteiger partial charge in [-0.15, -0.1) is 11.8 Å². The van der Waals surface area contributed by atoms with Crippen molar-refractivity contribution in [3.8, 4) is 0 Å². The summed E-state index contributed by atoms with van der Waals surface area (Å²) in [7, 11) is 0. The minimum Gasteiger partial charge on any atom is -0.302 e. The number of carbonyl (C=O) groups is 1. The van der Waals surface area contributed by atoms with Crippen LogP contribution >= 0.6 is 23.5 Å². The van der Waals surface area contributed by atoms with Crippen LogP contribution in [0.4, 0.5) is 11.4 Å². The van der Waals surface area contributed by atoms with Gasteiger partial charge in [-0.05, 0) is 18.2 Å². The molecular weight excluding hydrogens is 382 g/mol. The van der Waals surface area contributed by atoms with E-state index in [0.717, 1.165) is 10.6 Å². The van der Waals surface area contributed by atoms with Crippen molar-refractivity contribution in [3.63, 3.8) is 0 Å². The predicted molar refractivity (Wildman–Crippen MR) is 107 cm³/mol. The third-order valence-corrected chi connectivity index (χ3v) is 6.52. The lowest BCUT2D eigenvalue weighted by Gasteiger charge is -2.40. The Kier molecular flexibility index (Phi) is 5.00. The molecule has 0 spiro atoms. The van der Waals surface area contributed by atoms with Crippen molar-refractivity contribution in [2.24, 2.45) is 0 Å². The number of rotatable bonds is 4. The van der Waals surface area contributed by atoms with Crippen LogP contribution < -0.4 is 4.90 Å². The number of aromatic nitrogens is 1. The van der Waals surface area contributed by atoms with Crippen molar-refractivity contribution >= 4 is 40.8 Å². The summed E-state index contributed by atoms with van der Waals surface area (Å²) in [5.74, 6) is 0.202. The maximum Gasteiger partial charge on any atom is 0.287 e. The van der Waals surface area contributed by atoms with E-state index >= 15 is 0 Å². The van der Waals surface area contributed by atoms with Crippen LogP contribution in [0.1, 0.15) is 0 Å². The molecule has 1 aliphatic heterocycles. The number of nitro groups is 1. The molecule has 1 aromatic carbocycles. The van der Waals surface area contributed by atoms with Crippen molar-refractivity contribution in [1.29, 1.82) is 0 Å². The monoisotopic (exact) mass is 397 g/mol. The van der Waals surface area contributed by atoms with Crippen LogP contribution in [0.15, 0.2) is 76.8 Å². The molecule has 2 aromatic rings. The van der Waals surface area contributed by atoms with E-state index in [1.54, 1.807) is 17.8 Å². The number of thioether (sulfide) groups is 2. The quantitative estimate of drug-likeness (QED) is 0.439. The molecule has 0 saturated carbocycles. The highest BCUT2D eigenvalue weighted by molar-refractivity contribution is 8.00. The molecule has 6 nitrogen and oxygen atoms in total. The average molecular weight is 397 g/mol. The summed E-state index contributed by atoms with van der Waals surface area (Å²) < 4.78 is 0. The number of benzene rings is 1. The van der Waals surface area contributed by atoms with Crippen LogP contribution in [-0.2, 0) is 4.79 Å². The number of nitrogens with zero attached hydrogens (tertiary/aromatic N) is 3. The van der Waals surface area contributed by atoms with Gasteiger partial charge >= 0.3 is 0 Å². The molecular formula is C19H15N3O3S2. The largest absolute Gasteiger partial charge is 0.302 e. The number of hydrogen-bond donors (Lipinski definition) is 0. The zero-order valence-corrected chi connectivity index (χ0v) is 15.7. The first-order valence-electron chi connectivity index (χ1n) is 8.29. The third-order valence-electron chi connectivity index (χ3n) is 4.29. The molecule has 2 heterocycles. The van der Waals surface area contributed by atoms with E-state index in [1.165, 1.54) is 24.0 Å². The molecule has 0 bridgehead atoms. The highest BCUT2D eigenvalue weighted by Gasteiger charge is 2.36. The molecule has 0 fully saturated rings. The fourth-order valence-corrected chi connectivity index (χ4v) is 5.01. The van der Waals surface area contributed by atoms with Gasteiger partial charge in [0.15, 0.2) is 0 Å². The Labute approximate surface area is 164 Å². The molecule has 1 amide bonds. The first-order valence-corrected chi connectivity index (χ1v) is 10.2. The molecule has 0 N–H and O–H groups in total. The average Bonchev–Trinajstić information content (AvgIpc) is 2.70. The van der Waals surface area contributed by atoms with E-state index in [2.05, 4.69) is 17.1 Å². The second-order valence-electron chi connectivity index (χ2n) is 5.97. The van der Waals surface area contributed by atoms with Gasteiger partial charge in [-0.1, -0.05) is 48.2 Å². The van der Waals surface area contributed by atoms with E-state index < -0.39 is 4.92 Å². The number of para-hydroxylation sites is 1. The van der Waals surface area contributed by atoms with E-state index in [1.807, 2.05) is 41.3 Å². The number of anilines is 1. The highest BCUT2D eigenvalue weighted by Crippen LogP contribution is 2.43. The molecule has 1 aromatic heterocycles. The summed E-state index contributed by atoms with van der Waals surface area (Å²) >= 11 is 3.05. The number of hydrogen-bond acceptors (Lipinski definition) is 6. The summed E-state index contributed by atoms with van der Waals surface area (Å²) in [6.45, 7) is 0. The minimum atomic E-state index is -0.488. The fraction of sp³-hybridized carbons (Fsp3) is 0.158. The Balaban J connectivity index is 1.54. The smallest absolute Gasteiger partial charge is 0.287 e. The maximum absolute atomic E-state index is 13.1. The molecule has 8 heteroatoms. The van der Waals surface area contributed by atoms with Crippen LogP contribution in [0.25, 0.3) is 0 Å². The summed E-state index contributed by atoms with van der Waals surface area (Å²) in [6.07, 6.45) is 9.38. The van der Waals surface area contributed by atoms with Crippen LogP contribution in [0.5, 0.6) is 0 Å². The van der Waals surface area contributed by atoms with Gasteiger partial charge in [-0.2, -0.15) is 0 Å². The Morgan fingerprint density at radius 3 is 2.81 bits per heavy atom. The van der Waals surface area contributed by atoms with Gasteiger partial charge in [0.1, 0.15) is 6.20 Å². The Bertz CT molecular complexity index is 943. The summed E-state index contributed by atoms with van der Waals surface area (Å²) in [5, 5.41) is 11.5. The van der Waals surface area contributed by atoms with Gasteiger partial charge in [0.05, 0.1) is 32.7 Å². The van der Waals surface area contributed by atoms with Crippen LogP contribution in [0.2, 0.25) is 0 Å². The van der Waals surface area contributed by atoms with Gasteiger partial charge < -0.3 is 4.90 Å². The van der Waals surface area contributed by atoms with E-state index in [4.69, 9.17) is 0 Å². The third kappa shape index (κ3) is 3.63. The maximum atomic E-state index is 13.1. The van der Waals surface area contributed by atoms with Crippen LogP contribution in [0.3, 0.4) is 0 Å². The van der Waals surface area contributed by atoms with Crippen molar-refractivity contribution in [3.05, 3.63) is 77.0 Å². The summed E-state index contributed by atoms with van der Waals surface area (Å²) in [6, 6.07) is 10.9. The SMILES string of the molecule is O=C(CSc1ccc([N+](=O)[O-])cn1)N1c2ccccc2SC2C=CC=CC21. The molecule has 0 saturated heterocycles. The Morgan fingerprint density at radius 2 is 2.04 bits per heavy atom. The van der Waals surface area contributed by atoms with Gasteiger partial charge in [0.25, 0.3) is 5.69 Å². The van der Waals surface area contributed by atoms with Gasteiger partial charge in [0, 0.05) is 11.0 Å². The zero-order chi connectivity index (χ0) is 18.8. The standard InChI is InChI=1S/C19H15N3O3S2/c23-19(12-26-18-10-9-13(11-20-18)22(24)25)21-14-5-1-3-7-16(14)27-17-8-4-2-6-15(17)21/h1-11,14,16H,12H2. The fourth-order valence-electron chi connectivity index (χ4n) is 3.05. The lowest BCUT2D eigenvalue weighted by atomic mass is 10.0. The molecule has 2 atom stereocenters. The van der Waals surface area contributed by atoms with Crippen LogP contribution in [0, 0.1) is 10.1 Å². The lowest BCUT2D eigenvalue weighted by Crippen LogP contribution is -2.48. The number of amides is 1. The van der Waals surface area contributed by atoms with Crippen molar-refractivity contribution in [1.82, 2.24) is 4.98 Å². The van der Waals surface area contributed by atoms with Crippen molar-refractivity contribution in [2.75, 3.05) is 10.7 Å².